The molecule has 0 aromatic rings. The van der Waals surface area contributed by atoms with Crippen LogP contribution in [0.3, 0.4) is 0 Å². The van der Waals surface area contributed by atoms with Gasteiger partial charge < -0.3 is 15.2 Å². The van der Waals surface area contributed by atoms with E-state index in [9.17, 15) is 4.79 Å². The molecule has 2 N–H and O–H groups in total. The predicted molar refractivity (Wildman–Crippen MR) is 55.7 cm³/mol. The highest BCUT2D eigenvalue weighted by Gasteiger charge is 2.41. The fourth-order valence-corrected chi connectivity index (χ4v) is 2.66. The largest absolute Gasteiger partial charge is 0.480 e. The molecule has 3 atom stereocenters. The van der Waals surface area contributed by atoms with E-state index in [0.29, 0.717) is 11.8 Å². The second-order valence-electron chi connectivity index (χ2n) is 5.05. The first kappa shape index (κ1) is 10.9. The van der Waals surface area contributed by atoms with Crippen molar-refractivity contribution in [3.63, 3.8) is 0 Å². The van der Waals surface area contributed by atoms with Crippen molar-refractivity contribution in [3.05, 3.63) is 0 Å². The zero-order valence-electron chi connectivity index (χ0n) is 9.16. The molecule has 0 amide bonds. The average molecular weight is 213 g/mol. The standard InChI is InChI=1S/C11H19NO3/c1-11(10(13)14)5-9(6-12-11)4-8-2-3-15-7-8/h8-9,12H,2-7H2,1H3,(H,13,14). The number of hydrogen-bond donors (Lipinski definition) is 2. The summed E-state index contributed by atoms with van der Waals surface area (Å²) < 4.78 is 5.33. The fourth-order valence-electron chi connectivity index (χ4n) is 2.66. The topological polar surface area (TPSA) is 58.6 Å². The Hall–Kier alpha value is -0.610. The Balaban J connectivity index is 1.84. The Morgan fingerprint density at radius 2 is 2.40 bits per heavy atom. The summed E-state index contributed by atoms with van der Waals surface area (Å²) in [6, 6.07) is 0. The molecule has 2 aliphatic heterocycles. The fraction of sp³-hybridized carbons (Fsp3) is 0.909. The van der Waals surface area contributed by atoms with Crippen LogP contribution >= 0.6 is 0 Å². The van der Waals surface area contributed by atoms with Crippen LogP contribution in [0, 0.1) is 11.8 Å². The van der Waals surface area contributed by atoms with Gasteiger partial charge in [0.1, 0.15) is 5.54 Å². The van der Waals surface area contributed by atoms with Crippen LogP contribution in [-0.2, 0) is 9.53 Å². The van der Waals surface area contributed by atoms with Crippen molar-refractivity contribution < 1.29 is 14.6 Å². The van der Waals surface area contributed by atoms with E-state index >= 15 is 0 Å². The Morgan fingerprint density at radius 1 is 1.60 bits per heavy atom. The molecule has 0 aliphatic carbocycles. The second-order valence-corrected chi connectivity index (χ2v) is 5.05. The molecule has 2 rings (SSSR count). The van der Waals surface area contributed by atoms with Gasteiger partial charge in [0.05, 0.1) is 0 Å². The van der Waals surface area contributed by atoms with E-state index in [0.717, 1.165) is 39.0 Å². The smallest absolute Gasteiger partial charge is 0.323 e. The molecule has 0 bridgehead atoms. The molecule has 4 nitrogen and oxygen atoms in total. The van der Waals surface area contributed by atoms with Gasteiger partial charge in [-0.05, 0) is 44.6 Å². The molecule has 15 heavy (non-hydrogen) atoms. The van der Waals surface area contributed by atoms with Gasteiger partial charge in [0.15, 0.2) is 0 Å². The molecule has 2 heterocycles. The molecule has 0 saturated carbocycles. The number of hydrogen-bond acceptors (Lipinski definition) is 3. The van der Waals surface area contributed by atoms with Crippen LogP contribution in [0.5, 0.6) is 0 Å². The number of carbonyl (C=O) groups is 1. The normalized spacial score (nSPS) is 40.9. The van der Waals surface area contributed by atoms with Gasteiger partial charge in [-0.25, -0.2) is 0 Å². The summed E-state index contributed by atoms with van der Waals surface area (Å²) >= 11 is 0. The van der Waals surface area contributed by atoms with Crippen molar-refractivity contribution in [2.75, 3.05) is 19.8 Å². The molecule has 2 saturated heterocycles. The zero-order chi connectivity index (χ0) is 10.9. The summed E-state index contributed by atoms with van der Waals surface area (Å²) in [6.07, 6.45) is 3.00. The zero-order valence-corrected chi connectivity index (χ0v) is 9.16. The molecule has 4 heteroatoms. The number of carboxylic acids is 1. The molecule has 0 aromatic carbocycles. The van der Waals surface area contributed by atoms with Crippen LogP contribution < -0.4 is 5.32 Å². The van der Waals surface area contributed by atoms with E-state index in [1.807, 2.05) is 0 Å². The number of rotatable bonds is 3. The van der Waals surface area contributed by atoms with Crippen LogP contribution in [-0.4, -0.2) is 36.4 Å². The molecule has 0 radical (unpaired) electrons. The third-order valence-electron chi connectivity index (χ3n) is 3.64. The van der Waals surface area contributed by atoms with E-state index in [-0.39, 0.29) is 0 Å². The van der Waals surface area contributed by atoms with E-state index < -0.39 is 11.5 Å². The predicted octanol–water partition coefficient (Wildman–Crippen LogP) is 0.866. The highest BCUT2D eigenvalue weighted by molar-refractivity contribution is 5.78. The van der Waals surface area contributed by atoms with Crippen LogP contribution in [0.2, 0.25) is 0 Å². The SMILES string of the molecule is CC1(C(=O)O)CC(CC2CCOC2)CN1. The van der Waals surface area contributed by atoms with Crippen molar-refractivity contribution in [2.45, 2.75) is 31.7 Å². The summed E-state index contributed by atoms with van der Waals surface area (Å²) in [5.74, 6) is 0.415. The molecule has 2 aliphatic rings. The average Bonchev–Trinajstić information content (AvgIpc) is 2.77. The van der Waals surface area contributed by atoms with Crippen molar-refractivity contribution in [1.82, 2.24) is 5.32 Å². The first-order valence-electron chi connectivity index (χ1n) is 5.66. The second kappa shape index (κ2) is 4.10. The van der Waals surface area contributed by atoms with Gasteiger partial charge in [0, 0.05) is 13.2 Å². The highest BCUT2D eigenvalue weighted by Crippen LogP contribution is 2.31. The molecule has 0 spiro atoms. The first-order chi connectivity index (χ1) is 7.10. The van der Waals surface area contributed by atoms with Gasteiger partial charge in [-0.2, -0.15) is 0 Å². The van der Waals surface area contributed by atoms with Gasteiger partial charge in [0.25, 0.3) is 0 Å². The minimum absolute atomic E-state index is 0.498. The minimum Gasteiger partial charge on any atom is -0.480 e. The van der Waals surface area contributed by atoms with Gasteiger partial charge >= 0.3 is 5.97 Å². The number of aliphatic carboxylic acids is 1. The van der Waals surface area contributed by atoms with Crippen LogP contribution in [0.15, 0.2) is 0 Å². The maximum absolute atomic E-state index is 11.0. The lowest BCUT2D eigenvalue weighted by atomic mass is 9.88. The van der Waals surface area contributed by atoms with Crippen LogP contribution in [0.4, 0.5) is 0 Å². The lowest BCUT2D eigenvalue weighted by molar-refractivity contribution is -0.143. The minimum atomic E-state index is -0.729. The van der Waals surface area contributed by atoms with E-state index in [4.69, 9.17) is 9.84 Å². The molecule has 2 fully saturated rings. The monoisotopic (exact) mass is 213 g/mol. The molecule has 3 unspecified atom stereocenters. The van der Waals surface area contributed by atoms with Gasteiger partial charge in [-0.1, -0.05) is 0 Å². The van der Waals surface area contributed by atoms with Crippen LogP contribution in [0.25, 0.3) is 0 Å². The molecular weight excluding hydrogens is 194 g/mol. The van der Waals surface area contributed by atoms with Crippen molar-refractivity contribution >= 4 is 5.97 Å². The van der Waals surface area contributed by atoms with Gasteiger partial charge in [-0.15, -0.1) is 0 Å². The maximum Gasteiger partial charge on any atom is 0.323 e. The summed E-state index contributed by atoms with van der Waals surface area (Å²) in [7, 11) is 0. The quantitative estimate of drug-likeness (QED) is 0.730. The van der Waals surface area contributed by atoms with Gasteiger partial charge in [-0.3, -0.25) is 4.79 Å². The first-order valence-corrected chi connectivity index (χ1v) is 5.66. The number of ether oxygens (including phenoxy) is 1. The van der Waals surface area contributed by atoms with Crippen molar-refractivity contribution in [2.24, 2.45) is 11.8 Å². The van der Waals surface area contributed by atoms with Crippen molar-refractivity contribution in [1.29, 1.82) is 0 Å². The Morgan fingerprint density at radius 3 is 2.93 bits per heavy atom. The van der Waals surface area contributed by atoms with E-state index in [2.05, 4.69) is 5.32 Å². The molecular formula is C11H19NO3. The van der Waals surface area contributed by atoms with E-state index in [1.54, 1.807) is 6.92 Å². The summed E-state index contributed by atoms with van der Waals surface area (Å²) in [4.78, 5) is 11.0. The Bertz CT molecular complexity index is 250. The van der Waals surface area contributed by atoms with E-state index in [1.165, 1.54) is 0 Å². The summed E-state index contributed by atoms with van der Waals surface area (Å²) in [5, 5.41) is 12.2. The Labute approximate surface area is 90.0 Å². The number of carboxylic acid groups (broad SMARTS) is 1. The molecule has 0 aromatic heterocycles. The summed E-state index contributed by atoms with van der Waals surface area (Å²) in [5.41, 5.74) is -0.704. The third kappa shape index (κ3) is 2.32. The third-order valence-corrected chi connectivity index (χ3v) is 3.64. The van der Waals surface area contributed by atoms with Gasteiger partial charge in [0.2, 0.25) is 0 Å². The molecule has 86 valence electrons. The van der Waals surface area contributed by atoms with Crippen molar-refractivity contribution in [3.8, 4) is 0 Å². The lowest BCUT2D eigenvalue weighted by Crippen LogP contribution is -2.44. The summed E-state index contributed by atoms with van der Waals surface area (Å²) in [6.45, 7) is 4.35. The lowest BCUT2D eigenvalue weighted by Gasteiger charge is -2.18. The Kier molecular flexibility index (Phi) is 2.98. The maximum atomic E-state index is 11.0. The van der Waals surface area contributed by atoms with Crippen LogP contribution in [0.1, 0.15) is 26.2 Å². The number of nitrogens with one attached hydrogen (secondary N) is 1. The highest BCUT2D eigenvalue weighted by atomic mass is 16.5.